The Bertz CT molecular complexity index is 383. The van der Waals surface area contributed by atoms with Crippen LogP contribution >= 0.6 is 0 Å². The molecule has 0 atom stereocenters. The first kappa shape index (κ1) is 13.2. The van der Waals surface area contributed by atoms with Gasteiger partial charge in [0.05, 0.1) is 19.8 Å². The summed E-state index contributed by atoms with van der Waals surface area (Å²) in [5, 5.41) is 2.87. The number of rotatable bonds is 5. The van der Waals surface area contributed by atoms with E-state index in [2.05, 4.69) is 10.2 Å². The van der Waals surface area contributed by atoms with Crippen molar-refractivity contribution >= 4 is 5.78 Å². The van der Waals surface area contributed by atoms with Crippen molar-refractivity contribution in [3.63, 3.8) is 0 Å². The Balaban J connectivity index is 1.92. The van der Waals surface area contributed by atoms with Crippen molar-refractivity contribution < 1.29 is 9.53 Å². The smallest absolute Gasteiger partial charge is 0.176 e. The van der Waals surface area contributed by atoms with E-state index in [1.54, 1.807) is 7.05 Å². The average molecular weight is 248 g/mol. The van der Waals surface area contributed by atoms with Gasteiger partial charge in [-0.25, -0.2) is 0 Å². The maximum Gasteiger partial charge on any atom is 0.176 e. The number of Topliss-reactive ketones (excluding diaryl/α,β-unsaturated/α-hetero) is 1. The summed E-state index contributed by atoms with van der Waals surface area (Å²) in [5.74, 6) is 0.135. The zero-order valence-corrected chi connectivity index (χ0v) is 10.8. The number of carbonyl (C=O) groups excluding carboxylic acids is 1. The topological polar surface area (TPSA) is 41.6 Å². The molecule has 1 fully saturated rings. The molecule has 1 aliphatic rings. The van der Waals surface area contributed by atoms with Gasteiger partial charge in [0.2, 0.25) is 0 Å². The van der Waals surface area contributed by atoms with Crippen LogP contribution in [0.25, 0.3) is 0 Å². The highest BCUT2D eigenvalue weighted by molar-refractivity contribution is 5.97. The molecule has 0 unspecified atom stereocenters. The summed E-state index contributed by atoms with van der Waals surface area (Å²) in [6, 6.07) is 7.90. The van der Waals surface area contributed by atoms with E-state index in [1.165, 1.54) is 5.56 Å². The molecule has 1 heterocycles. The summed E-state index contributed by atoms with van der Waals surface area (Å²) < 4.78 is 5.32. The zero-order chi connectivity index (χ0) is 12.8. The van der Waals surface area contributed by atoms with Crippen molar-refractivity contribution in [2.45, 2.75) is 6.54 Å². The quantitative estimate of drug-likeness (QED) is 0.787. The summed E-state index contributed by atoms with van der Waals surface area (Å²) in [4.78, 5) is 14.0. The summed E-state index contributed by atoms with van der Waals surface area (Å²) in [5.41, 5.74) is 2.02. The molecule has 0 amide bonds. The molecular formula is C14H20N2O2. The monoisotopic (exact) mass is 248 g/mol. The van der Waals surface area contributed by atoms with Crippen LogP contribution in [-0.2, 0) is 11.3 Å². The van der Waals surface area contributed by atoms with Crippen LogP contribution in [0, 0.1) is 0 Å². The first-order chi connectivity index (χ1) is 8.79. The molecule has 1 saturated heterocycles. The highest BCUT2D eigenvalue weighted by Gasteiger charge is 2.11. The predicted octanol–water partition coefficient (Wildman–Crippen LogP) is 0.921. The van der Waals surface area contributed by atoms with Gasteiger partial charge in [0.25, 0.3) is 0 Å². The van der Waals surface area contributed by atoms with Gasteiger partial charge in [-0.15, -0.1) is 0 Å². The van der Waals surface area contributed by atoms with Crippen LogP contribution in [0.5, 0.6) is 0 Å². The molecule has 1 aromatic rings. The van der Waals surface area contributed by atoms with Gasteiger partial charge in [-0.3, -0.25) is 9.69 Å². The Morgan fingerprint density at radius 3 is 2.56 bits per heavy atom. The minimum Gasteiger partial charge on any atom is -0.379 e. The number of nitrogens with zero attached hydrogens (tertiary/aromatic N) is 1. The zero-order valence-electron chi connectivity index (χ0n) is 10.8. The van der Waals surface area contributed by atoms with Gasteiger partial charge in [0.15, 0.2) is 5.78 Å². The van der Waals surface area contributed by atoms with E-state index in [4.69, 9.17) is 4.74 Å². The third-order valence-corrected chi connectivity index (χ3v) is 3.12. The molecule has 0 aliphatic carbocycles. The van der Waals surface area contributed by atoms with E-state index in [9.17, 15) is 4.79 Å². The molecule has 1 aromatic carbocycles. The van der Waals surface area contributed by atoms with Gasteiger partial charge >= 0.3 is 0 Å². The number of morpholine rings is 1. The number of likely N-dealkylation sites (N-methyl/N-ethyl adjacent to an activating group) is 1. The maximum absolute atomic E-state index is 11.7. The molecule has 0 radical (unpaired) electrons. The van der Waals surface area contributed by atoms with Crippen LogP contribution in [0.15, 0.2) is 24.3 Å². The van der Waals surface area contributed by atoms with E-state index in [1.807, 2.05) is 24.3 Å². The third-order valence-electron chi connectivity index (χ3n) is 3.12. The third kappa shape index (κ3) is 3.63. The summed E-state index contributed by atoms with van der Waals surface area (Å²) in [6.45, 7) is 4.94. The summed E-state index contributed by atoms with van der Waals surface area (Å²) in [7, 11) is 1.78. The van der Waals surface area contributed by atoms with Gasteiger partial charge in [0, 0.05) is 25.2 Å². The molecule has 1 N–H and O–H groups in total. The molecule has 0 spiro atoms. The highest BCUT2D eigenvalue weighted by Crippen LogP contribution is 2.09. The van der Waals surface area contributed by atoms with Crippen LogP contribution in [-0.4, -0.2) is 50.6 Å². The van der Waals surface area contributed by atoms with Crippen molar-refractivity contribution in [3.8, 4) is 0 Å². The molecular weight excluding hydrogens is 228 g/mol. The van der Waals surface area contributed by atoms with Gasteiger partial charge in [0.1, 0.15) is 0 Å². The molecule has 4 heteroatoms. The fraction of sp³-hybridized carbons (Fsp3) is 0.500. The molecule has 1 aliphatic heterocycles. The number of ether oxygens (including phenoxy) is 1. The number of hydrogen-bond acceptors (Lipinski definition) is 4. The Hall–Kier alpha value is -1.23. The number of nitrogens with one attached hydrogen (secondary N) is 1. The molecule has 4 nitrogen and oxygen atoms in total. The molecule has 0 bridgehead atoms. The Morgan fingerprint density at radius 1 is 1.28 bits per heavy atom. The molecule has 0 aromatic heterocycles. The molecule has 2 rings (SSSR count). The van der Waals surface area contributed by atoms with Crippen molar-refractivity contribution in [2.24, 2.45) is 0 Å². The lowest BCUT2D eigenvalue weighted by Gasteiger charge is -2.26. The lowest BCUT2D eigenvalue weighted by molar-refractivity contribution is 0.0342. The van der Waals surface area contributed by atoms with Gasteiger partial charge in [-0.1, -0.05) is 24.3 Å². The summed E-state index contributed by atoms with van der Waals surface area (Å²) in [6.07, 6.45) is 0. The molecule has 0 saturated carbocycles. The van der Waals surface area contributed by atoms with Gasteiger partial charge in [-0.2, -0.15) is 0 Å². The predicted molar refractivity (Wildman–Crippen MR) is 70.8 cm³/mol. The number of benzene rings is 1. The second-order valence-electron chi connectivity index (χ2n) is 4.54. The number of hydrogen-bond donors (Lipinski definition) is 1. The van der Waals surface area contributed by atoms with Crippen LogP contribution in [0.4, 0.5) is 0 Å². The standard InChI is InChI=1S/C14H20N2O2/c1-15-10-14(17)13-4-2-12(3-5-13)11-16-6-8-18-9-7-16/h2-5,15H,6-11H2,1H3. The fourth-order valence-electron chi connectivity index (χ4n) is 2.08. The van der Waals surface area contributed by atoms with Crippen LogP contribution < -0.4 is 5.32 Å². The SMILES string of the molecule is CNCC(=O)c1ccc(CN2CCOCC2)cc1. The van der Waals surface area contributed by atoms with E-state index >= 15 is 0 Å². The maximum atomic E-state index is 11.7. The van der Waals surface area contributed by atoms with Crippen molar-refractivity contribution in [2.75, 3.05) is 39.9 Å². The minimum absolute atomic E-state index is 0.135. The second kappa shape index (κ2) is 6.64. The van der Waals surface area contributed by atoms with Gasteiger partial charge < -0.3 is 10.1 Å². The van der Waals surface area contributed by atoms with Crippen LogP contribution in [0.2, 0.25) is 0 Å². The first-order valence-corrected chi connectivity index (χ1v) is 6.36. The Morgan fingerprint density at radius 2 is 1.94 bits per heavy atom. The second-order valence-corrected chi connectivity index (χ2v) is 4.54. The minimum atomic E-state index is 0.135. The Labute approximate surface area is 108 Å². The average Bonchev–Trinajstić information content (AvgIpc) is 2.41. The highest BCUT2D eigenvalue weighted by atomic mass is 16.5. The van der Waals surface area contributed by atoms with Crippen molar-refractivity contribution in [3.05, 3.63) is 35.4 Å². The fourth-order valence-corrected chi connectivity index (χ4v) is 2.08. The van der Waals surface area contributed by atoms with E-state index < -0.39 is 0 Å². The lowest BCUT2D eigenvalue weighted by Crippen LogP contribution is -2.35. The van der Waals surface area contributed by atoms with Crippen LogP contribution in [0.1, 0.15) is 15.9 Å². The van der Waals surface area contributed by atoms with Crippen molar-refractivity contribution in [1.29, 1.82) is 0 Å². The van der Waals surface area contributed by atoms with E-state index in [0.717, 1.165) is 38.4 Å². The largest absolute Gasteiger partial charge is 0.379 e. The lowest BCUT2D eigenvalue weighted by atomic mass is 10.1. The first-order valence-electron chi connectivity index (χ1n) is 6.36. The van der Waals surface area contributed by atoms with Gasteiger partial charge in [-0.05, 0) is 12.6 Å². The van der Waals surface area contributed by atoms with E-state index in [-0.39, 0.29) is 5.78 Å². The van der Waals surface area contributed by atoms with Crippen LogP contribution in [0.3, 0.4) is 0 Å². The molecule has 18 heavy (non-hydrogen) atoms. The number of carbonyl (C=O) groups is 1. The summed E-state index contributed by atoms with van der Waals surface area (Å²) >= 11 is 0. The number of ketones is 1. The van der Waals surface area contributed by atoms with Crippen molar-refractivity contribution in [1.82, 2.24) is 10.2 Å². The molecule has 98 valence electrons. The normalized spacial score (nSPS) is 16.7. The van der Waals surface area contributed by atoms with E-state index in [0.29, 0.717) is 6.54 Å². The Kier molecular flexibility index (Phi) is 4.87.